The number of rotatable bonds is 6. The number of aromatic nitrogens is 2. The summed E-state index contributed by atoms with van der Waals surface area (Å²) in [5.41, 5.74) is 2.56. The van der Waals surface area contributed by atoms with Crippen LogP contribution in [-0.4, -0.2) is 47.7 Å². The lowest BCUT2D eigenvalue weighted by atomic mass is 10.1. The standard InChI is InChI=1S/C12H21N3O2/c1-3-16-12(17-4-2)9-15-6-5-11-10(8-15)7-13-14-11/h7,12H,3-6,8-9H2,1-2H3,(H,13,14). The van der Waals surface area contributed by atoms with E-state index in [4.69, 9.17) is 9.47 Å². The van der Waals surface area contributed by atoms with Crippen molar-refractivity contribution in [1.29, 1.82) is 0 Å². The van der Waals surface area contributed by atoms with Crippen molar-refractivity contribution in [3.63, 3.8) is 0 Å². The van der Waals surface area contributed by atoms with Crippen molar-refractivity contribution in [2.24, 2.45) is 0 Å². The molecule has 0 unspecified atom stereocenters. The second-order valence-electron chi connectivity index (χ2n) is 4.20. The molecule has 1 aliphatic rings. The first-order valence-corrected chi connectivity index (χ1v) is 6.30. The molecule has 96 valence electrons. The predicted molar refractivity (Wildman–Crippen MR) is 64.6 cm³/mol. The Morgan fingerprint density at radius 2 is 2.18 bits per heavy atom. The maximum absolute atomic E-state index is 5.57. The Labute approximate surface area is 102 Å². The minimum absolute atomic E-state index is 0.113. The third kappa shape index (κ3) is 3.28. The molecule has 0 radical (unpaired) electrons. The van der Waals surface area contributed by atoms with E-state index < -0.39 is 0 Å². The average Bonchev–Trinajstić information content (AvgIpc) is 2.77. The number of hydrogen-bond acceptors (Lipinski definition) is 4. The van der Waals surface area contributed by atoms with E-state index in [0.717, 1.165) is 26.1 Å². The molecule has 0 spiro atoms. The summed E-state index contributed by atoms with van der Waals surface area (Å²) in [6.45, 7) is 8.17. The summed E-state index contributed by atoms with van der Waals surface area (Å²) in [5.74, 6) is 0. The third-order valence-electron chi connectivity index (χ3n) is 2.99. The zero-order valence-corrected chi connectivity index (χ0v) is 10.6. The van der Waals surface area contributed by atoms with Gasteiger partial charge in [0.15, 0.2) is 6.29 Å². The van der Waals surface area contributed by atoms with Crippen LogP contribution in [0.2, 0.25) is 0 Å². The second-order valence-corrected chi connectivity index (χ2v) is 4.20. The fourth-order valence-corrected chi connectivity index (χ4v) is 2.17. The topological polar surface area (TPSA) is 50.4 Å². The zero-order chi connectivity index (χ0) is 12.1. The Balaban J connectivity index is 1.87. The van der Waals surface area contributed by atoms with E-state index in [-0.39, 0.29) is 6.29 Å². The Bertz CT molecular complexity index is 334. The maximum Gasteiger partial charge on any atom is 0.170 e. The van der Waals surface area contributed by atoms with Gasteiger partial charge in [-0.05, 0) is 13.8 Å². The Morgan fingerprint density at radius 1 is 1.41 bits per heavy atom. The van der Waals surface area contributed by atoms with Crippen LogP contribution in [0.25, 0.3) is 0 Å². The summed E-state index contributed by atoms with van der Waals surface area (Å²) in [6, 6.07) is 0. The number of nitrogens with one attached hydrogen (secondary N) is 1. The molecule has 1 aromatic rings. The van der Waals surface area contributed by atoms with E-state index in [0.29, 0.717) is 13.2 Å². The predicted octanol–water partition coefficient (Wildman–Crippen LogP) is 1.17. The monoisotopic (exact) mass is 239 g/mol. The van der Waals surface area contributed by atoms with Gasteiger partial charge in [-0.15, -0.1) is 0 Å². The van der Waals surface area contributed by atoms with Crippen molar-refractivity contribution < 1.29 is 9.47 Å². The SMILES string of the molecule is CCOC(CN1CCc2[nH]ncc2C1)OCC. The summed E-state index contributed by atoms with van der Waals surface area (Å²) < 4.78 is 11.1. The van der Waals surface area contributed by atoms with Crippen molar-refractivity contribution in [2.45, 2.75) is 33.1 Å². The lowest BCUT2D eigenvalue weighted by Crippen LogP contribution is -2.38. The van der Waals surface area contributed by atoms with Gasteiger partial charge in [0.2, 0.25) is 0 Å². The molecule has 1 aliphatic heterocycles. The molecule has 5 heteroatoms. The van der Waals surface area contributed by atoms with E-state index in [9.17, 15) is 0 Å². The zero-order valence-electron chi connectivity index (χ0n) is 10.6. The third-order valence-corrected chi connectivity index (χ3v) is 2.99. The smallest absolute Gasteiger partial charge is 0.170 e. The molecule has 0 amide bonds. The Morgan fingerprint density at radius 3 is 2.88 bits per heavy atom. The van der Waals surface area contributed by atoms with Crippen molar-refractivity contribution in [3.8, 4) is 0 Å². The van der Waals surface area contributed by atoms with E-state index in [1.54, 1.807) is 0 Å². The maximum atomic E-state index is 5.57. The van der Waals surface area contributed by atoms with Crippen LogP contribution in [0.4, 0.5) is 0 Å². The first kappa shape index (κ1) is 12.5. The number of aromatic amines is 1. The molecule has 0 saturated heterocycles. The van der Waals surface area contributed by atoms with Crippen molar-refractivity contribution in [1.82, 2.24) is 15.1 Å². The quantitative estimate of drug-likeness (QED) is 0.757. The van der Waals surface area contributed by atoms with Crippen molar-refractivity contribution in [2.75, 3.05) is 26.3 Å². The highest BCUT2D eigenvalue weighted by molar-refractivity contribution is 5.18. The second kappa shape index (κ2) is 6.14. The molecule has 0 bridgehead atoms. The Hall–Kier alpha value is -0.910. The molecule has 0 aliphatic carbocycles. The lowest BCUT2D eigenvalue weighted by molar-refractivity contribution is -0.148. The molecule has 0 atom stereocenters. The molecule has 2 rings (SSSR count). The highest BCUT2D eigenvalue weighted by Gasteiger charge is 2.21. The number of fused-ring (bicyclic) bond motifs is 1. The highest BCUT2D eigenvalue weighted by atomic mass is 16.7. The molecular formula is C12H21N3O2. The molecule has 0 aromatic carbocycles. The van der Waals surface area contributed by atoms with E-state index >= 15 is 0 Å². The fourth-order valence-electron chi connectivity index (χ4n) is 2.17. The number of ether oxygens (including phenoxy) is 2. The first-order chi connectivity index (χ1) is 8.33. The van der Waals surface area contributed by atoms with Crippen LogP contribution in [0.5, 0.6) is 0 Å². The Kier molecular flexibility index (Phi) is 4.53. The fraction of sp³-hybridized carbons (Fsp3) is 0.750. The van der Waals surface area contributed by atoms with Gasteiger partial charge >= 0.3 is 0 Å². The highest BCUT2D eigenvalue weighted by Crippen LogP contribution is 2.16. The summed E-state index contributed by atoms with van der Waals surface area (Å²) >= 11 is 0. The average molecular weight is 239 g/mol. The molecule has 2 heterocycles. The largest absolute Gasteiger partial charge is 0.352 e. The van der Waals surface area contributed by atoms with Crippen LogP contribution in [0.1, 0.15) is 25.1 Å². The van der Waals surface area contributed by atoms with Gasteiger partial charge < -0.3 is 9.47 Å². The molecule has 1 aromatic heterocycles. The summed E-state index contributed by atoms with van der Waals surface area (Å²) in [4.78, 5) is 2.36. The summed E-state index contributed by atoms with van der Waals surface area (Å²) in [7, 11) is 0. The number of hydrogen-bond donors (Lipinski definition) is 1. The van der Waals surface area contributed by atoms with Gasteiger partial charge in [-0.3, -0.25) is 10.00 Å². The molecular weight excluding hydrogens is 218 g/mol. The van der Waals surface area contributed by atoms with Crippen LogP contribution in [0, 0.1) is 0 Å². The molecule has 5 nitrogen and oxygen atoms in total. The van der Waals surface area contributed by atoms with E-state index in [1.165, 1.54) is 11.3 Å². The van der Waals surface area contributed by atoms with Gasteiger partial charge in [0.25, 0.3) is 0 Å². The summed E-state index contributed by atoms with van der Waals surface area (Å²) in [6.07, 6.45) is 2.83. The number of nitrogens with zero attached hydrogens (tertiary/aromatic N) is 2. The minimum Gasteiger partial charge on any atom is -0.352 e. The van der Waals surface area contributed by atoms with Crippen LogP contribution in [0.15, 0.2) is 6.20 Å². The van der Waals surface area contributed by atoms with Gasteiger partial charge in [0.1, 0.15) is 0 Å². The van der Waals surface area contributed by atoms with Gasteiger partial charge in [0, 0.05) is 50.5 Å². The van der Waals surface area contributed by atoms with Crippen LogP contribution < -0.4 is 0 Å². The van der Waals surface area contributed by atoms with Gasteiger partial charge in [-0.2, -0.15) is 5.10 Å². The lowest BCUT2D eigenvalue weighted by Gasteiger charge is -2.29. The normalized spacial score (nSPS) is 16.4. The van der Waals surface area contributed by atoms with E-state index in [2.05, 4.69) is 15.1 Å². The summed E-state index contributed by atoms with van der Waals surface area (Å²) in [5, 5.41) is 7.12. The molecule has 17 heavy (non-hydrogen) atoms. The van der Waals surface area contributed by atoms with Gasteiger partial charge in [-0.25, -0.2) is 0 Å². The van der Waals surface area contributed by atoms with Crippen molar-refractivity contribution >= 4 is 0 Å². The van der Waals surface area contributed by atoms with E-state index in [1.807, 2.05) is 20.0 Å². The minimum atomic E-state index is -0.113. The first-order valence-electron chi connectivity index (χ1n) is 6.30. The molecule has 1 N–H and O–H groups in total. The van der Waals surface area contributed by atoms with Crippen LogP contribution >= 0.6 is 0 Å². The van der Waals surface area contributed by atoms with Crippen molar-refractivity contribution in [3.05, 3.63) is 17.5 Å². The van der Waals surface area contributed by atoms with Gasteiger partial charge in [-0.1, -0.05) is 0 Å². The van der Waals surface area contributed by atoms with Crippen LogP contribution in [0.3, 0.4) is 0 Å². The molecule has 0 fully saturated rings. The molecule has 0 saturated carbocycles. The van der Waals surface area contributed by atoms with Crippen LogP contribution in [-0.2, 0) is 22.4 Å². The van der Waals surface area contributed by atoms with Gasteiger partial charge in [0.05, 0.1) is 6.20 Å². The number of H-pyrrole nitrogens is 1.